The number of benzene rings is 2. The second-order valence-corrected chi connectivity index (χ2v) is 8.87. The molecule has 0 spiro atoms. The van der Waals surface area contributed by atoms with Crippen LogP contribution in [-0.2, 0) is 16.1 Å². The number of carbonyl (C=O) groups is 2. The average molecular weight is 443 g/mol. The number of amides is 2. The quantitative estimate of drug-likeness (QED) is 0.638. The summed E-state index contributed by atoms with van der Waals surface area (Å²) < 4.78 is 5.79. The number of rotatable bonds is 8. The van der Waals surface area contributed by atoms with Crippen LogP contribution in [0, 0.1) is 13.8 Å². The highest BCUT2D eigenvalue weighted by molar-refractivity contribution is 6.30. The highest BCUT2D eigenvalue weighted by Crippen LogP contribution is 2.20. The van der Waals surface area contributed by atoms with Gasteiger partial charge in [0, 0.05) is 17.6 Å². The van der Waals surface area contributed by atoms with Crippen molar-refractivity contribution in [3.05, 3.63) is 64.2 Å². The summed E-state index contributed by atoms with van der Waals surface area (Å²) in [5, 5.41) is 3.70. The number of nitrogens with one attached hydrogen (secondary N) is 1. The van der Waals surface area contributed by atoms with Crippen LogP contribution in [0.2, 0.25) is 5.02 Å². The lowest BCUT2D eigenvalue weighted by molar-refractivity contribution is -0.142. The standard InChI is InChI=1S/C25H31ClN2O3/c1-17-11-18(2)13-23(12-17)31-16-24(29)28(15-20-7-6-8-21(26)14-20)19(3)25(30)27-22-9-4-5-10-22/h6-8,11-14,19,22H,4-5,9-10,15-16H2,1-3H3,(H,27,30)/t19-/m1/s1. The Morgan fingerprint density at radius 2 is 1.81 bits per heavy atom. The van der Waals surface area contributed by atoms with Crippen LogP contribution in [0.4, 0.5) is 0 Å². The zero-order valence-corrected chi connectivity index (χ0v) is 19.2. The summed E-state index contributed by atoms with van der Waals surface area (Å²) in [6, 6.07) is 12.8. The summed E-state index contributed by atoms with van der Waals surface area (Å²) in [6.45, 7) is 5.90. The second-order valence-electron chi connectivity index (χ2n) is 8.43. The van der Waals surface area contributed by atoms with Crippen LogP contribution < -0.4 is 10.1 Å². The molecule has 1 N–H and O–H groups in total. The number of hydrogen-bond donors (Lipinski definition) is 1. The molecule has 1 atom stereocenters. The third-order valence-electron chi connectivity index (χ3n) is 5.67. The number of halogens is 1. The smallest absolute Gasteiger partial charge is 0.261 e. The van der Waals surface area contributed by atoms with Gasteiger partial charge in [0.1, 0.15) is 11.8 Å². The molecule has 3 rings (SSSR count). The van der Waals surface area contributed by atoms with Crippen LogP contribution in [0.1, 0.15) is 49.3 Å². The minimum absolute atomic E-state index is 0.131. The van der Waals surface area contributed by atoms with Gasteiger partial charge in [0.15, 0.2) is 6.61 Å². The van der Waals surface area contributed by atoms with Gasteiger partial charge in [0.05, 0.1) is 0 Å². The Kier molecular flexibility index (Phi) is 7.97. The fourth-order valence-electron chi connectivity index (χ4n) is 4.05. The molecule has 1 aliphatic carbocycles. The van der Waals surface area contributed by atoms with Crippen molar-refractivity contribution in [2.45, 2.75) is 65.1 Å². The van der Waals surface area contributed by atoms with Crippen LogP contribution >= 0.6 is 11.6 Å². The summed E-state index contributed by atoms with van der Waals surface area (Å²) >= 11 is 6.13. The molecule has 1 aliphatic rings. The molecule has 0 saturated heterocycles. The molecule has 166 valence electrons. The van der Waals surface area contributed by atoms with Crippen molar-refractivity contribution in [1.29, 1.82) is 0 Å². The first-order valence-electron chi connectivity index (χ1n) is 10.9. The van der Waals surface area contributed by atoms with E-state index in [1.807, 2.05) is 44.2 Å². The van der Waals surface area contributed by atoms with Crippen molar-refractivity contribution < 1.29 is 14.3 Å². The molecule has 2 aromatic rings. The molecule has 1 fully saturated rings. The molecule has 0 radical (unpaired) electrons. The molecule has 31 heavy (non-hydrogen) atoms. The van der Waals surface area contributed by atoms with Crippen LogP contribution in [0.15, 0.2) is 42.5 Å². The van der Waals surface area contributed by atoms with Gasteiger partial charge in [-0.2, -0.15) is 0 Å². The van der Waals surface area contributed by atoms with Crippen molar-refractivity contribution in [2.75, 3.05) is 6.61 Å². The van der Waals surface area contributed by atoms with E-state index in [2.05, 4.69) is 11.4 Å². The van der Waals surface area contributed by atoms with Crippen molar-refractivity contribution >= 4 is 23.4 Å². The van der Waals surface area contributed by atoms with Crippen molar-refractivity contribution in [3.8, 4) is 5.75 Å². The topological polar surface area (TPSA) is 58.6 Å². The molecule has 2 aromatic carbocycles. The first-order chi connectivity index (χ1) is 14.8. The first kappa shape index (κ1) is 23.1. The van der Waals surface area contributed by atoms with Gasteiger partial charge in [-0.3, -0.25) is 9.59 Å². The Hall–Kier alpha value is -2.53. The van der Waals surface area contributed by atoms with E-state index in [-0.39, 0.29) is 31.0 Å². The molecule has 0 aliphatic heterocycles. The highest BCUT2D eigenvalue weighted by Gasteiger charge is 2.28. The summed E-state index contributed by atoms with van der Waals surface area (Å²) in [6.07, 6.45) is 4.26. The first-order valence-corrected chi connectivity index (χ1v) is 11.2. The lowest BCUT2D eigenvalue weighted by Crippen LogP contribution is -2.50. The zero-order valence-electron chi connectivity index (χ0n) is 18.5. The third kappa shape index (κ3) is 6.73. The van der Waals surface area contributed by atoms with Gasteiger partial charge in [0.25, 0.3) is 5.91 Å². The van der Waals surface area contributed by atoms with Crippen molar-refractivity contribution in [2.24, 2.45) is 0 Å². The maximum atomic E-state index is 13.1. The molecular weight excluding hydrogens is 412 g/mol. The Labute approximate surface area is 189 Å². The van der Waals surface area contributed by atoms with E-state index in [4.69, 9.17) is 16.3 Å². The monoisotopic (exact) mass is 442 g/mol. The van der Waals surface area contributed by atoms with Gasteiger partial charge < -0.3 is 15.0 Å². The molecule has 2 amide bonds. The number of ether oxygens (including phenoxy) is 1. The zero-order chi connectivity index (χ0) is 22.4. The Balaban J connectivity index is 1.73. The molecular formula is C25H31ClN2O3. The van der Waals surface area contributed by atoms with Crippen molar-refractivity contribution in [3.63, 3.8) is 0 Å². The normalized spacial score (nSPS) is 14.8. The van der Waals surface area contributed by atoms with Gasteiger partial charge in [-0.15, -0.1) is 0 Å². The molecule has 1 saturated carbocycles. The van der Waals surface area contributed by atoms with Gasteiger partial charge in [-0.25, -0.2) is 0 Å². The number of hydrogen-bond acceptors (Lipinski definition) is 3. The lowest BCUT2D eigenvalue weighted by Gasteiger charge is -2.29. The van der Waals surface area contributed by atoms with E-state index in [1.165, 1.54) is 0 Å². The minimum Gasteiger partial charge on any atom is -0.484 e. The maximum absolute atomic E-state index is 13.1. The number of nitrogens with zero attached hydrogens (tertiary/aromatic N) is 1. The predicted molar refractivity (Wildman–Crippen MR) is 123 cm³/mol. The van der Waals surface area contributed by atoms with Crippen LogP contribution in [0.5, 0.6) is 5.75 Å². The van der Waals surface area contributed by atoms with Gasteiger partial charge in [-0.05, 0) is 74.6 Å². The maximum Gasteiger partial charge on any atom is 0.261 e. The van der Waals surface area contributed by atoms with Gasteiger partial charge in [-0.1, -0.05) is 42.6 Å². The molecule has 0 bridgehead atoms. The van der Waals surface area contributed by atoms with E-state index in [1.54, 1.807) is 17.9 Å². The molecule has 0 heterocycles. The molecule has 6 heteroatoms. The van der Waals surface area contributed by atoms with E-state index in [0.717, 1.165) is 42.4 Å². The average Bonchev–Trinajstić information content (AvgIpc) is 3.22. The van der Waals surface area contributed by atoms with E-state index in [0.29, 0.717) is 10.8 Å². The Morgan fingerprint density at radius 1 is 1.13 bits per heavy atom. The summed E-state index contributed by atoms with van der Waals surface area (Å²) in [7, 11) is 0. The van der Waals surface area contributed by atoms with Crippen LogP contribution in [0.25, 0.3) is 0 Å². The Morgan fingerprint density at radius 3 is 2.45 bits per heavy atom. The second kappa shape index (κ2) is 10.7. The fraction of sp³-hybridized carbons (Fsp3) is 0.440. The van der Waals surface area contributed by atoms with Crippen LogP contribution in [-0.4, -0.2) is 35.4 Å². The fourth-order valence-corrected chi connectivity index (χ4v) is 4.26. The van der Waals surface area contributed by atoms with E-state index >= 15 is 0 Å². The molecule has 5 nitrogen and oxygen atoms in total. The SMILES string of the molecule is Cc1cc(C)cc(OCC(=O)N(Cc2cccc(Cl)c2)[C@H](C)C(=O)NC2CCCC2)c1. The molecule has 0 aromatic heterocycles. The minimum atomic E-state index is -0.616. The van der Waals surface area contributed by atoms with E-state index < -0.39 is 6.04 Å². The summed E-state index contributed by atoms with van der Waals surface area (Å²) in [4.78, 5) is 27.6. The number of aryl methyl sites for hydroxylation is 2. The van der Waals surface area contributed by atoms with Crippen molar-refractivity contribution in [1.82, 2.24) is 10.2 Å². The van der Waals surface area contributed by atoms with Gasteiger partial charge in [0.2, 0.25) is 5.91 Å². The lowest BCUT2D eigenvalue weighted by atomic mass is 10.1. The van der Waals surface area contributed by atoms with Crippen LogP contribution in [0.3, 0.4) is 0 Å². The largest absolute Gasteiger partial charge is 0.484 e. The molecule has 0 unspecified atom stereocenters. The number of carbonyl (C=O) groups excluding carboxylic acids is 2. The Bertz CT molecular complexity index is 904. The third-order valence-corrected chi connectivity index (χ3v) is 5.90. The summed E-state index contributed by atoms with van der Waals surface area (Å²) in [5.41, 5.74) is 3.01. The van der Waals surface area contributed by atoms with E-state index in [9.17, 15) is 9.59 Å². The summed E-state index contributed by atoms with van der Waals surface area (Å²) in [5.74, 6) is 0.276. The van der Waals surface area contributed by atoms with Gasteiger partial charge >= 0.3 is 0 Å². The highest BCUT2D eigenvalue weighted by atomic mass is 35.5. The predicted octanol–water partition coefficient (Wildman–Crippen LogP) is 4.81.